The van der Waals surface area contributed by atoms with Crippen molar-refractivity contribution in [3.63, 3.8) is 0 Å². The minimum atomic E-state index is -0.212. The molecule has 0 spiro atoms. The topological polar surface area (TPSA) is 46.2 Å². The lowest BCUT2D eigenvalue weighted by Crippen LogP contribution is -2.39. The highest BCUT2D eigenvalue weighted by atomic mass is 32.2. The van der Waals surface area contributed by atoms with Gasteiger partial charge in [-0.3, -0.25) is 9.59 Å². The highest BCUT2D eigenvalue weighted by Gasteiger charge is 2.40. The average Bonchev–Trinajstić information content (AvgIpc) is 2.68. The molecule has 1 saturated carbocycles. The molecule has 4 heteroatoms. The summed E-state index contributed by atoms with van der Waals surface area (Å²) in [5.74, 6) is 0.827. The summed E-state index contributed by atoms with van der Waals surface area (Å²) >= 11 is 1.27. The van der Waals surface area contributed by atoms with E-state index in [9.17, 15) is 9.59 Å². The van der Waals surface area contributed by atoms with Crippen molar-refractivity contribution >= 4 is 28.5 Å². The Balaban J connectivity index is 2.07. The highest BCUT2D eigenvalue weighted by molar-refractivity contribution is 8.13. The second kappa shape index (κ2) is 10.3. The van der Waals surface area contributed by atoms with Gasteiger partial charge in [0.05, 0.1) is 0 Å². The van der Waals surface area contributed by atoms with Crippen LogP contribution in [0.3, 0.4) is 0 Å². The van der Waals surface area contributed by atoms with Crippen LogP contribution in [0.2, 0.25) is 0 Å². The number of hydrogen-bond acceptors (Lipinski definition) is 3. The van der Waals surface area contributed by atoms with E-state index in [-0.39, 0.29) is 22.4 Å². The summed E-state index contributed by atoms with van der Waals surface area (Å²) in [6.07, 6.45) is 8.85. The van der Waals surface area contributed by atoms with E-state index in [0.717, 1.165) is 55.5 Å². The smallest absolute Gasteiger partial charge is 0.230 e. The number of rotatable bonds is 8. The van der Waals surface area contributed by atoms with Crippen LogP contribution in [0, 0.1) is 17.3 Å². The fourth-order valence-electron chi connectivity index (χ4n) is 3.99. The van der Waals surface area contributed by atoms with Crippen molar-refractivity contribution in [2.45, 2.75) is 84.0 Å². The number of thioether (sulfide) groups is 1. The van der Waals surface area contributed by atoms with Gasteiger partial charge in [0.25, 0.3) is 0 Å². The number of carbonyl (C=O) groups excluding carboxylic acids is 2. The van der Waals surface area contributed by atoms with Gasteiger partial charge < -0.3 is 5.32 Å². The van der Waals surface area contributed by atoms with E-state index in [2.05, 4.69) is 19.2 Å². The Morgan fingerprint density at radius 2 is 1.63 bits per heavy atom. The lowest BCUT2D eigenvalue weighted by molar-refractivity contribution is -0.128. The Kier molecular flexibility index (Phi) is 8.40. The van der Waals surface area contributed by atoms with E-state index in [1.807, 2.05) is 38.1 Å². The molecule has 0 atom stereocenters. The largest absolute Gasteiger partial charge is 0.326 e. The van der Waals surface area contributed by atoms with Gasteiger partial charge in [0.1, 0.15) is 0 Å². The zero-order chi connectivity index (χ0) is 19.9. The van der Waals surface area contributed by atoms with Crippen molar-refractivity contribution in [1.29, 1.82) is 0 Å². The third kappa shape index (κ3) is 6.10. The molecule has 0 bridgehead atoms. The standard InChI is InChI=1S/C23H35NO2S/c1-5-18(6-2)16-23(14-8-7-9-15-23)22(26)24-19-10-12-20(13-11-19)27-21(25)17(3)4/h10-13,17-18H,5-9,14-16H2,1-4H3,(H,24,26). The van der Waals surface area contributed by atoms with Crippen LogP contribution < -0.4 is 5.32 Å². The van der Waals surface area contributed by atoms with Crippen LogP contribution in [-0.2, 0) is 9.59 Å². The van der Waals surface area contributed by atoms with Crippen LogP contribution >= 0.6 is 11.8 Å². The number of amides is 1. The summed E-state index contributed by atoms with van der Waals surface area (Å²) in [5.41, 5.74) is 0.617. The number of nitrogens with one attached hydrogen (secondary N) is 1. The predicted molar refractivity (Wildman–Crippen MR) is 115 cm³/mol. The van der Waals surface area contributed by atoms with E-state index >= 15 is 0 Å². The fourth-order valence-corrected chi connectivity index (χ4v) is 4.73. The minimum absolute atomic E-state index is 0.0191. The van der Waals surface area contributed by atoms with Crippen LogP contribution in [0.1, 0.15) is 79.1 Å². The third-order valence-electron chi connectivity index (χ3n) is 5.93. The third-order valence-corrected chi connectivity index (χ3v) is 7.11. The van der Waals surface area contributed by atoms with Crippen molar-refractivity contribution in [2.24, 2.45) is 17.3 Å². The molecule has 0 heterocycles. The molecule has 1 aliphatic rings. The van der Waals surface area contributed by atoms with Crippen LogP contribution in [-0.4, -0.2) is 11.0 Å². The second-order valence-corrected chi connectivity index (χ2v) is 9.36. The molecule has 1 fully saturated rings. The van der Waals surface area contributed by atoms with Gasteiger partial charge >= 0.3 is 0 Å². The van der Waals surface area contributed by atoms with E-state index in [4.69, 9.17) is 0 Å². The summed E-state index contributed by atoms with van der Waals surface area (Å²) in [4.78, 5) is 26.0. The molecular weight excluding hydrogens is 354 g/mol. The lowest BCUT2D eigenvalue weighted by Gasteiger charge is -2.38. The van der Waals surface area contributed by atoms with Gasteiger partial charge in [-0.2, -0.15) is 0 Å². The lowest BCUT2D eigenvalue weighted by atomic mass is 9.67. The first-order valence-electron chi connectivity index (χ1n) is 10.5. The first kappa shape index (κ1) is 22.0. The van der Waals surface area contributed by atoms with Crippen LogP contribution in [0.25, 0.3) is 0 Å². The van der Waals surface area contributed by atoms with Gasteiger partial charge in [-0.15, -0.1) is 0 Å². The van der Waals surface area contributed by atoms with Crippen molar-refractivity contribution in [2.75, 3.05) is 5.32 Å². The predicted octanol–water partition coefficient (Wildman–Crippen LogP) is 6.68. The molecule has 0 aliphatic heterocycles. The molecule has 1 amide bonds. The first-order chi connectivity index (χ1) is 12.9. The van der Waals surface area contributed by atoms with Gasteiger partial charge in [-0.1, -0.05) is 71.6 Å². The molecule has 0 saturated heterocycles. The van der Waals surface area contributed by atoms with Gasteiger partial charge in [0.2, 0.25) is 5.91 Å². The fraction of sp³-hybridized carbons (Fsp3) is 0.652. The molecule has 0 unspecified atom stereocenters. The maximum atomic E-state index is 13.2. The molecule has 1 aromatic rings. The normalized spacial score (nSPS) is 16.5. The van der Waals surface area contributed by atoms with Gasteiger partial charge in [0, 0.05) is 21.9 Å². The molecule has 0 radical (unpaired) electrons. The van der Waals surface area contributed by atoms with Gasteiger partial charge in [0.15, 0.2) is 5.12 Å². The van der Waals surface area contributed by atoms with Crippen molar-refractivity contribution in [3.05, 3.63) is 24.3 Å². The first-order valence-corrected chi connectivity index (χ1v) is 11.3. The molecular formula is C23H35NO2S. The van der Waals surface area contributed by atoms with Crippen LogP contribution in [0.4, 0.5) is 5.69 Å². The zero-order valence-electron chi connectivity index (χ0n) is 17.3. The van der Waals surface area contributed by atoms with Crippen molar-refractivity contribution < 1.29 is 9.59 Å². The molecule has 1 aromatic carbocycles. The van der Waals surface area contributed by atoms with E-state index in [1.54, 1.807) is 0 Å². The van der Waals surface area contributed by atoms with E-state index in [1.165, 1.54) is 18.2 Å². The monoisotopic (exact) mass is 389 g/mol. The summed E-state index contributed by atoms with van der Waals surface area (Å²) < 4.78 is 0. The average molecular weight is 390 g/mol. The van der Waals surface area contributed by atoms with Gasteiger partial charge in [-0.05, 0) is 49.4 Å². The number of carbonyl (C=O) groups is 2. The molecule has 1 N–H and O–H groups in total. The maximum Gasteiger partial charge on any atom is 0.230 e. The Morgan fingerprint density at radius 1 is 1.04 bits per heavy atom. The summed E-state index contributed by atoms with van der Waals surface area (Å²) in [6, 6.07) is 7.69. The summed E-state index contributed by atoms with van der Waals surface area (Å²) in [7, 11) is 0. The highest BCUT2D eigenvalue weighted by Crippen LogP contribution is 2.43. The second-order valence-electron chi connectivity index (χ2n) is 8.28. The van der Waals surface area contributed by atoms with Crippen LogP contribution in [0.15, 0.2) is 29.2 Å². The van der Waals surface area contributed by atoms with Gasteiger partial charge in [-0.25, -0.2) is 0 Å². The maximum absolute atomic E-state index is 13.2. The molecule has 1 aliphatic carbocycles. The quantitative estimate of drug-likeness (QED) is 0.505. The summed E-state index contributed by atoms with van der Waals surface area (Å²) in [6.45, 7) is 8.29. The molecule has 27 heavy (non-hydrogen) atoms. The van der Waals surface area contributed by atoms with Crippen molar-refractivity contribution in [3.8, 4) is 0 Å². The Hall–Kier alpha value is -1.29. The minimum Gasteiger partial charge on any atom is -0.326 e. The number of anilines is 1. The molecule has 0 aromatic heterocycles. The Morgan fingerprint density at radius 3 is 2.15 bits per heavy atom. The molecule has 2 rings (SSSR count). The number of hydrogen-bond donors (Lipinski definition) is 1. The van der Waals surface area contributed by atoms with Crippen LogP contribution in [0.5, 0.6) is 0 Å². The number of benzene rings is 1. The van der Waals surface area contributed by atoms with E-state index < -0.39 is 0 Å². The van der Waals surface area contributed by atoms with E-state index in [0.29, 0.717) is 5.92 Å². The Bertz CT molecular complexity index is 614. The molecule has 3 nitrogen and oxygen atoms in total. The molecule has 150 valence electrons. The van der Waals surface area contributed by atoms with Crippen molar-refractivity contribution in [1.82, 2.24) is 0 Å². The Labute approximate surface area is 169 Å². The summed E-state index contributed by atoms with van der Waals surface area (Å²) in [5, 5.41) is 3.34. The SMILES string of the molecule is CCC(CC)CC1(C(=O)Nc2ccc(SC(=O)C(C)C)cc2)CCCCC1. The zero-order valence-corrected chi connectivity index (χ0v) is 18.2.